The second kappa shape index (κ2) is 9.16. The second-order valence-corrected chi connectivity index (χ2v) is 7.32. The van der Waals surface area contributed by atoms with Crippen LogP contribution in [0, 0.1) is 5.92 Å². The molecule has 5 heteroatoms. The number of rotatable bonds is 7. The van der Waals surface area contributed by atoms with Gasteiger partial charge in [-0.3, -0.25) is 0 Å². The first-order chi connectivity index (χ1) is 10.6. The van der Waals surface area contributed by atoms with Crippen molar-refractivity contribution in [2.24, 2.45) is 5.92 Å². The maximum absolute atomic E-state index is 11.9. The summed E-state index contributed by atoms with van der Waals surface area (Å²) in [6.45, 7) is 8.65. The lowest BCUT2D eigenvalue weighted by Crippen LogP contribution is -2.43. The predicted octanol–water partition coefficient (Wildman–Crippen LogP) is 3.10. The summed E-state index contributed by atoms with van der Waals surface area (Å²) in [5.74, 6) is 0.822. The van der Waals surface area contributed by atoms with Crippen molar-refractivity contribution in [2.45, 2.75) is 45.6 Å². The average molecular weight is 324 g/mol. The van der Waals surface area contributed by atoms with Crippen LogP contribution in [0.5, 0.6) is 0 Å². The van der Waals surface area contributed by atoms with E-state index in [1.807, 2.05) is 6.92 Å². The monoisotopic (exact) mass is 323 g/mol. The van der Waals surface area contributed by atoms with Gasteiger partial charge in [0.2, 0.25) is 0 Å². The smallest absolute Gasteiger partial charge is 0.315 e. The molecule has 0 unspecified atom stereocenters. The number of piperidine rings is 1. The molecule has 1 aliphatic rings. The van der Waals surface area contributed by atoms with Crippen LogP contribution in [-0.4, -0.2) is 43.2 Å². The highest BCUT2D eigenvalue weighted by Gasteiger charge is 2.15. The molecule has 0 spiro atoms. The van der Waals surface area contributed by atoms with Crippen molar-refractivity contribution in [3.8, 4) is 0 Å². The number of hydrogen-bond donors (Lipinski definition) is 2. The van der Waals surface area contributed by atoms with Crippen LogP contribution < -0.4 is 10.6 Å². The summed E-state index contributed by atoms with van der Waals surface area (Å²) in [6, 6.07) is 2.23. The standard InChI is InChI=1S/C17H29N3OS/c1-14-5-3-8-20(12-14)9-4-7-18-17(21)19-15(2)11-16-6-10-22-13-16/h6,10,13-15H,3-5,7-9,11-12H2,1-2H3,(H2,18,19,21)/t14-,15-/m0/s1. The number of nitrogens with zero attached hydrogens (tertiary/aromatic N) is 1. The molecule has 0 saturated carbocycles. The Morgan fingerprint density at radius 3 is 3.14 bits per heavy atom. The Morgan fingerprint density at radius 2 is 2.41 bits per heavy atom. The highest BCUT2D eigenvalue weighted by atomic mass is 32.1. The number of amides is 2. The number of hydrogen-bond acceptors (Lipinski definition) is 3. The van der Waals surface area contributed by atoms with E-state index in [1.165, 1.54) is 31.5 Å². The molecule has 1 fully saturated rings. The van der Waals surface area contributed by atoms with Crippen LogP contribution in [-0.2, 0) is 6.42 Å². The van der Waals surface area contributed by atoms with Gasteiger partial charge in [-0.25, -0.2) is 4.79 Å². The zero-order valence-corrected chi connectivity index (χ0v) is 14.6. The topological polar surface area (TPSA) is 44.4 Å². The Balaban J connectivity index is 1.53. The predicted molar refractivity (Wildman–Crippen MR) is 93.5 cm³/mol. The average Bonchev–Trinajstić information content (AvgIpc) is 2.96. The third-order valence-corrected chi connectivity index (χ3v) is 4.91. The number of thiophene rings is 1. The molecule has 2 amide bonds. The van der Waals surface area contributed by atoms with Crippen molar-refractivity contribution in [3.05, 3.63) is 22.4 Å². The minimum atomic E-state index is -0.0465. The molecule has 4 nitrogen and oxygen atoms in total. The summed E-state index contributed by atoms with van der Waals surface area (Å²) in [5, 5.41) is 10.2. The van der Waals surface area contributed by atoms with Crippen LogP contribution in [0.1, 0.15) is 38.7 Å². The minimum Gasteiger partial charge on any atom is -0.338 e. The molecular weight excluding hydrogens is 294 g/mol. The van der Waals surface area contributed by atoms with Gasteiger partial charge in [0.15, 0.2) is 0 Å². The maximum atomic E-state index is 11.9. The maximum Gasteiger partial charge on any atom is 0.315 e. The molecule has 22 heavy (non-hydrogen) atoms. The summed E-state index contributed by atoms with van der Waals surface area (Å²) in [4.78, 5) is 14.4. The zero-order chi connectivity index (χ0) is 15.8. The van der Waals surface area contributed by atoms with E-state index >= 15 is 0 Å². The SMILES string of the molecule is C[C@H]1CCCN(CCCNC(=O)N[C@@H](C)Cc2ccsc2)C1. The van der Waals surface area contributed by atoms with Crippen molar-refractivity contribution >= 4 is 17.4 Å². The molecule has 2 heterocycles. The van der Waals surface area contributed by atoms with Crippen LogP contribution in [0.4, 0.5) is 4.79 Å². The lowest BCUT2D eigenvalue weighted by atomic mass is 10.0. The molecule has 2 atom stereocenters. The Bertz CT molecular complexity index is 435. The van der Waals surface area contributed by atoms with Gasteiger partial charge in [0.05, 0.1) is 0 Å². The Morgan fingerprint density at radius 1 is 1.55 bits per heavy atom. The van der Waals surface area contributed by atoms with Gasteiger partial charge < -0.3 is 15.5 Å². The first-order valence-corrected chi connectivity index (χ1v) is 9.35. The number of urea groups is 1. The van der Waals surface area contributed by atoms with E-state index in [4.69, 9.17) is 0 Å². The van der Waals surface area contributed by atoms with Crippen molar-refractivity contribution in [1.82, 2.24) is 15.5 Å². The first-order valence-electron chi connectivity index (χ1n) is 8.41. The molecule has 0 bridgehead atoms. The van der Waals surface area contributed by atoms with Gasteiger partial charge in [-0.1, -0.05) is 6.92 Å². The van der Waals surface area contributed by atoms with E-state index < -0.39 is 0 Å². The number of likely N-dealkylation sites (tertiary alicyclic amines) is 1. The van der Waals surface area contributed by atoms with Gasteiger partial charge in [-0.05, 0) is 74.0 Å². The summed E-state index contributed by atoms with van der Waals surface area (Å²) in [7, 11) is 0. The van der Waals surface area contributed by atoms with Gasteiger partial charge in [-0.2, -0.15) is 11.3 Å². The van der Waals surface area contributed by atoms with E-state index in [0.29, 0.717) is 0 Å². The summed E-state index contributed by atoms with van der Waals surface area (Å²) < 4.78 is 0. The summed E-state index contributed by atoms with van der Waals surface area (Å²) in [6.07, 6.45) is 4.59. The fourth-order valence-electron chi connectivity index (χ4n) is 3.08. The Kier molecular flexibility index (Phi) is 7.19. The van der Waals surface area contributed by atoms with Crippen molar-refractivity contribution in [2.75, 3.05) is 26.2 Å². The zero-order valence-electron chi connectivity index (χ0n) is 13.8. The number of nitrogens with one attached hydrogen (secondary N) is 2. The highest BCUT2D eigenvalue weighted by Crippen LogP contribution is 2.15. The Labute approximate surface area is 138 Å². The first kappa shape index (κ1) is 17.3. The lowest BCUT2D eigenvalue weighted by molar-refractivity contribution is 0.181. The van der Waals surface area contributed by atoms with Gasteiger partial charge in [0.1, 0.15) is 0 Å². The third-order valence-electron chi connectivity index (χ3n) is 4.18. The van der Waals surface area contributed by atoms with Crippen molar-refractivity contribution in [3.63, 3.8) is 0 Å². The van der Waals surface area contributed by atoms with Crippen LogP contribution in [0.25, 0.3) is 0 Å². The molecule has 1 aromatic rings. The third kappa shape index (κ3) is 6.36. The van der Waals surface area contributed by atoms with E-state index in [9.17, 15) is 4.79 Å². The normalized spacial score (nSPS) is 20.5. The van der Waals surface area contributed by atoms with E-state index in [-0.39, 0.29) is 12.1 Å². The largest absolute Gasteiger partial charge is 0.338 e. The van der Waals surface area contributed by atoms with Gasteiger partial charge in [-0.15, -0.1) is 0 Å². The summed E-state index contributed by atoms with van der Waals surface area (Å²) >= 11 is 1.70. The van der Waals surface area contributed by atoms with Crippen LogP contribution in [0.2, 0.25) is 0 Å². The molecule has 2 rings (SSSR count). The number of carbonyl (C=O) groups excluding carboxylic acids is 1. The summed E-state index contributed by atoms with van der Waals surface area (Å²) in [5.41, 5.74) is 1.29. The fraction of sp³-hybridized carbons (Fsp3) is 0.706. The van der Waals surface area contributed by atoms with Gasteiger partial charge >= 0.3 is 6.03 Å². The van der Waals surface area contributed by atoms with Crippen molar-refractivity contribution in [1.29, 1.82) is 0 Å². The number of carbonyl (C=O) groups is 1. The minimum absolute atomic E-state index is 0.0465. The molecule has 1 saturated heterocycles. The Hall–Kier alpha value is -1.07. The van der Waals surface area contributed by atoms with Gasteiger partial charge in [0, 0.05) is 19.1 Å². The molecule has 0 aliphatic carbocycles. The van der Waals surface area contributed by atoms with E-state index in [2.05, 4.69) is 39.3 Å². The van der Waals surface area contributed by atoms with E-state index in [0.717, 1.165) is 31.8 Å². The van der Waals surface area contributed by atoms with E-state index in [1.54, 1.807) is 11.3 Å². The lowest BCUT2D eigenvalue weighted by Gasteiger charge is -2.30. The van der Waals surface area contributed by atoms with Gasteiger partial charge in [0.25, 0.3) is 0 Å². The fourth-order valence-corrected chi connectivity index (χ4v) is 3.76. The molecule has 2 N–H and O–H groups in total. The molecule has 1 aromatic heterocycles. The molecular formula is C17H29N3OS. The molecule has 1 aliphatic heterocycles. The molecule has 0 aromatic carbocycles. The highest BCUT2D eigenvalue weighted by molar-refractivity contribution is 7.07. The van der Waals surface area contributed by atoms with Crippen LogP contribution in [0.3, 0.4) is 0 Å². The van der Waals surface area contributed by atoms with Crippen LogP contribution in [0.15, 0.2) is 16.8 Å². The molecule has 0 radical (unpaired) electrons. The molecule has 124 valence electrons. The van der Waals surface area contributed by atoms with Crippen molar-refractivity contribution < 1.29 is 4.79 Å². The second-order valence-electron chi connectivity index (χ2n) is 6.54. The quantitative estimate of drug-likeness (QED) is 0.757. The van der Waals surface area contributed by atoms with Crippen LogP contribution >= 0.6 is 11.3 Å².